The standard InChI is InChI=1S/C16H17N/c1-9-10(2)12(4)16-13-6-5-7-17-15(13)8-14(16)11(9)3/h5-7H,8H2,1-4H3. The van der Waals surface area contributed by atoms with Crippen LogP contribution in [0.3, 0.4) is 0 Å². The van der Waals surface area contributed by atoms with Crippen molar-refractivity contribution in [1.82, 2.24) is 4.98 Å². The largest absolute Gasteiger partial charge is 0.260 e. The molecule has 1 heteroatoms. The number of fused-ring (bicyclic) bond motifs is 3. The number of aromatic nitrogens is 1. The Hall–Kier alpha value is -1.63. The Kier molecular flexibility index (Phi) is 2.12. The lowest BCUT2D eigenvalue weighted by molar-refractivity contribution is 1.09. The fourth-order valence-electron chi connectivity index (χ4n) is 2.95. The molecule has 0 fully saturated rings. The third-order valence-corrected chi connectivity index (χ3v) is 4.32. The summed E-state index contributed by atoms with van der Waals surface area (Å²) in [5, 5.41) is 0. The topological polar surface area (TPSA) is 12.9 Å². The number of benzene rings is 1. The zero-order valence-corrected chi connectivity index (χ0v) is 10.9. The monoisotopic (exact) mass is 223 g/mol. The lowest BCUT2D eigenvalue weighted by atomic mass is 9.89. The van der Waals surface area contributed by atoms with Gasteiger partial charge in [0.1, 0.15) is 0 Å². The summed E-state index contributed by atoms with van der Waals surface area (Å²) in [6, 6.07) is 4.24. The molecule has 17 heavy (non-hydrogen) atoms. The minimum atomic E-state index is 0.999. The number of pyridine rings is 1. The minimum Gasteiger partial charge on any atom is -0.260 e. The van der Waals surface area contributed by atoms with Crippen LogP contribution in [0.25, 0.3) is 11.1 Å². The van der Waals surface area contributed by atoms with Crippen molar-refractivity contribution in [3.8, 4) is 11.1 Å². The van der Waals surface area contributed by atoms with E-state index in [2.05, 4.69) is 38.7 Å². The highest BCUT2D eigenvalue weighted by Gasteiger charge is 2.24. The summed E-state index contributed by atoms with van der Waals surface area (Å²) in [5.41, 5.74) is 11.2. The lowest BCUT2D eigenvalue weighted by Gasteiger charge is -2.15. The van der Waals surface area contributed by atoms with Crippen LogP contribution in [0.15, 0.2) is 18.3 Å². The summed E-state index contributed by atoms with van der Waals surface area (Å²) in [4.78, 5) is 4.52. The number of nitrogens with zero attached hydrogens (tertiary/aromatic N) is 1. The van der Waals surface area contributed by atoms with E-state index in [1.807, 2.05) is 12.3 Å². The van der Waals surface area contributed by atoms with Gasteiger partial charge in [-0.1, -0.05) is 6.07 Å². The van der Waals surface area contributed by atoms with Crippen LogP contribution in [0.2, 0.25) is 0 Å². The Bertz CT molecular complexity index is 624. The maximum absolute atomic E-state index is 4.52. The molecule has 0 unspecified atom stereocenters. The lowest BCUT2D eigenvalue weighted by Crippen LogP contribution is -1.98. The predicted octanol–water partition coefficient (Wildman–Crippen LogP) is 3.89. The molecule has 1 heterocycles. The van der Waals surface area contributed by atoms with Gasteiger partial charge in [-0.15, -0.1) is 0 Å². The summed E-state index contributed by atoms with van der Waals surface area (Å²) in [6.07, 6.45) is 2.90. The van der Waals surface area contributed by atoms with E-state index in [0.29, 0.717) is 0 Å². The van der Waals surface area contributed by atoms with Gasteiger partial charge in [0.05, 0.1) is 5.69 Å². The molecule has 0 saturated heterocycles. The third-order valence-electron chi connectivity index (χ3n) is 4.32. The highest BCUT2D eigenvalue weighted by molar-refractivity contribution is 5.81. The third kappa shape index (κ3) is 1.28. The fourth-order valence-corrected chi connectivity index (χ4v) is 2.95. The van der Waals surface area contributed by atoms with Gasteiger partial charge in [0.15, 0.2) is 0 Å². The number of rotatable bonds is 0. The van der Waals surface area contributed by atoms with E-state index in [-0.39, 0.29) is 0 Å². The van der Waals surface area contributed by atoms with Crippen molar-refractivity contribution in [2.45, 2.75) is 34.1 Å². The molecule has 0 radical (unpaired) electrons. The van der Waals surface area contributed by atoms with E-state index < -0.39 is 0 Å². The van der Waals surface area contributed by atoms with E-state index in [0.717, 1.165) is 6.42 Å². The first-order valence-corrected chi connectivity index (χ1v) is 6.14. The highest BCUT2D eigenvalue weighted by Crippen LogP contribution is 2.41. The van der Waals surface area contributed by atoms with Gasteiger partial charge < -0.3 is 0 Å². The van der Waals surface area contributed by atoms with Gasteiger partial charge in [-0.2, -0.15) is 0 Å². The van der Waals surface area contributed by atoms with Crippen molar-refractivity contribution in [1.29, 1.82) is 0 Å². The molecule has 1 aliphatic carbocycles. The van der Waals surface area contributed by atoms with Crippen molar-refractivity contribution < 1.29 is 0 Å². The maximum Gasteiger partial charge on any atom is 0.0526 e. The van der Waals surface area contributed by atoms with Gasteiger partial charge in [-0.05, 0) is 67.1 Å². The summed E-state index contributed by atoms with van der Waals surface area (Å²) >= 11 is 0. The molecule has 0 amide bonds. The molecule has 0 N–H and O–H groups in total. The summed E-state index contributed by atoms with van der Waals surface area (Å²) in [7, 11) is 0. The van der Waals surface area contributed by atoms with E-state index in [9.17, 15) is 0 Å². The zero-order chi connectivity index (χ0) is 12.2. The van der Waals surface area contributed by atoms with Crippen LogP contribution in [-0.4, -0.2) is 4.98 Å². The van der Waals surface area contributed by atoms with Crippen LogP contribution in [0.4, 0.5) is 0 Å². The van der Waals surface area contributed by atoms with Crippen molar-refractivity contribution >= 4 is 0 Å². The van der Waals surface area contributed by atoms with Gasteiger partial charge in [0.2, 0.25) is 0 Å². The molecule has 1 nitrogen and oxygen atoms in total. The second-order valence-electron chi connectivity index (χ2n) is 5.03. The van der Waals surface area contributed by atoms with Crippen LogP contribution in [0.1, 0.15) is 33.5 Å². The van der Waals surface area contributed by atoms with Gasteiger partial charge in [-0.25, -0.2) is 0 Å². The molecule has 86 valence electrons. The first-order valence-electron chi connectivity index (χ1n) is 6.14. The average Bonchev–Trinajstić information content (AvgIpc) is 2.73. The van der Waals surface area contributed by atoms with Crippen LogP contribution >= 0.6 is 0 Å². The Morgan fingerprint density at radius 3 is 2.41 bits per heavy atom. The number of hydrogen-bond acceptors (Lipinski definition) is 1. The first kappa shape index (κ1) is 10.5. The molecule has 1 aliphatic rings. The molecule has 1 aromatic heterocycles. The second kappa shape index (κ2) is 3.43. The van der Waals surface area contributed by atoms with E-state index >= 15 is 0 Å². The summed E-state index contributed by atoms with van der Waals surface area (Å²) in [6.45, 7) is 8.94. The molecule has 0 saturated carbocycles. The Labute approximate surface area is 103 Å². The Morgan fingerprint density at radius 1 is 0.941 bits per heavy atom. The highest BCUT2D eigenvalue weighted by atomic mass is 14.7. The molecular formula is C16H17N. The molecule has 3 rings (SSSR count). The van der Waals surface area contributed by atoms with Crippen molar-refractivity contribution in [2.75, 3.05) is 0 Å². The van der Waals surface area contributed by atoms with E-state index in [1.54, 1.807) is 0 Å². The molecule has 0 bridgehead atoms. The predicted molar refractivity (Wildman–Crippen MR) is 71.4 cm³/mol. The molecule has 2 aromatic rings. The number of hydrogen-bond donors (Lipinski definition) is 0. The van der Waals surface area contributed by atoms with Crippen LogP contribution in [0.5, 0.6) is 0 Å². The Balaban J connectivity index is 2.41. The van der Waals surface area contributed by atoms with Crippen molar-refractivity contribution in [3.05, 3.63) is 51.8 Å². The molecular weight excluding hydrogens is 206 g/mol. The van der Waals surface area contributed by atoms with Gasteiger partial charge >= 0.3 is 0 Å². The normalized spacial score (nSPS) is 12.5. The minimum absolute atomic E-state index is 0.999. The average molecular weight is 223 g/mol. The zero-order valence-electron chi connectivity index (χ0n) is 10.9. The SMILES string of the molecule is Cc1c(C)c(C)c2c(c1C)Cc1ncccc1-2. The summed E-state index contributed by atoms with van der Waals surface area (Å²) in [5.74, 6) is 0. The van der Waals surface area contributed by atoms with Crippen LogP contribution in [-0.2, 0) is 6.42 Å². The van der Waals surface area contributed by atoms with Gasteiger partial charge in [0, 0.05) is 18.2 Å². The van der Waals surface area contributed by atoms with Crippen LogP contribution < -0.4 is 0 Å². The van der Waals surface area contributed by atoms with E-state index in [1.165, 1.54) is 44.6 Å². The van der Waals surface area contributed by atoms with E-state index in [4.69, 9.17) is 0 Å². The Morgan fingerprint density at radius 2 is 1.65 bits per heavy atom. The molecule has 0 aliphatic heterocycles. The smallest absolute Gasteiger partial charge is 0.0526 e. The maximum atomic E-state index is 4.52. The fraction of sp³-hybridized carbons (Fsp3) is 0.312. The van der Waals surface area contributed by atoms with Gasteiger partial charge in [-0.3, -0.25) is 4.98 Å². The van der Waals surface area contributed by atoms with Crippen LogP contribution in [0, 0.1) is 27.7 Å². The second-order valence-corrected chi connectivity index (χ2v) is 5.03. The molecule has 0 atom stereocenters. The van der Waals surface area contributed by atoms with Gasteiger partial charge in [0.25, 0.3) is 0 Å². The molecule has 0 spiro atoms. The molecule has 1 aromatic carbocycles. The summed E-state index contributed by atoms with van der Waals surface area (Å²) < 4.78 is 0. The first-order chi connectivity index (χ1) is 8.11. The van der Waals surface area contributed by atoms with Crippen molar-refractivity contribution in [2.24, 2.45) is 0 Å². The quantitative estimate of drug-likeness (QED) is 0.563. The van der Waals surface area contributed by atoms with Crippen molar-refractivity contribution in [3.63, 3.8) is 0 Å².